The van der Waals surface area contributed by atoms with E-state index in [0.717, 1.165) is 0 Å². The highest BCUT2D eigenvalue weighted by atomic mass is 35.5. The number of hydrogen-bond donors (Lipinski definition) is 2. The lowest BCUT2D eigenvalue weighted by Gasteiger charge is -2.23. The van der Waals surface area contributed by atoms with E-state index in [1.54, 1.807) is 20.8 Å². The first kappa shape index (κ1) is 21.4. The van der Waals surface area contributed by atoms with E-state index in [0.29, 0.717) is 0 Å². The number of nitrogens with one attached hydrogen (secondary N) is 2. The molecule has 0 radical (unpaired) electrons. The first-order chi connectivity index (χ1) is 11.2. The molecule has 1 aromatic carbocycles. The van der Waals surface area contributed by atoms with Crippen LogP contribution < -0.4 is 10.0 Å². The van der Waals surface area contributed by atoms with Gasteiger partial charge in [-0.25, -0.2) is 17.9 Å². The Bertz CT molecular complexity index is 782. The second kappa shape index (κ2) is 7.31. The summed E-state index contributed by atoms with van der Waals surface area (Å²) in [5.41, 5.74) is -1.93. The van der Waals surface area contributed by atoms with Crippen molar-refractivity contribution in [1.82, 2.24) is 10.0 Å². The molecule has 0 spiro atoms. The molecule has 0 aliphatic heterocycles. The zero-order valence-electron chi connectivity index (χ0n) is 15.1. The van der Waals surface area contributed by atoms with Gasteiger partial charge >= 0.3 is 5.97 Å². The average Bonchev–Trinajstić information content (AvgIpc) is 2.43. The van der Waals surface area contributed by atoms with Crippen molar-refractivity contribution in [3.8, 4) is 0 Å². The van der Waals surface area contributed by atoms with E-state index in [1.165, 1.54) is 39.2 Å². The molecule has 0 saturated heterocycles. The fourth-order valence-electron chi connectivity index (χ4n) is 1.97. The molecule has 2 N–H and O–H groups in total. The van der Waals surface area contributed by atoms with Gasteiger partial charge in [-0.15, -0.1) is 0 Å². The first-order valence-corrected chi connectivity index (χ1v) is 9.30. The van der Waals surface area contributed by atoms with E-state index in [9.17, 15) is 18.0 Å². The number of amides is 1. The second-order valence-electron chi connectivity index (χ2n) is 7.07. The van der Waals surface area contributed by atoms with Crippen LogP contribution in [0, 0.1) is 0 Å². The third-order valence-electron chi connectivity index (χ3n) is 3.05. The maximum absolute atomic E-state index is 12.5. The summed E-state index contributed by atoms with van der Waals surface area (Å²) in [6, 6.07) is 3.86. The van der Waals surface area contributed by atoms with Gasteiger partial charge in [-0.05, 0) is 52.8 Å². The van der Waals surface area contributed by atoms with Crippen LogP contribution in [0.25, 0.3) is 0 Å². The molecule has 0 unspecified atom stereocenters. The average molecular weight is 391 g/mol. The summed E-state index contributed by atoms with van der Waals surface area (Å²) in [6.45, 7) is 8.02. The van der Waals surface area contributed by atoms with Crippen LogP contribution in [0.4, 0.5) is 0 Å². The first-order valence-electron chi connectivity index (χ1n) is 7.44. The van der Waals surface area contributed by atoms with Gasteiger partial charge in [-0.1, -0.05) is 11.6 Å². The van der Waals surface area contributed by atoms with Crippen molar-refractivity contribution in [1.29, 1.82) is 0 Å². The minimum Gasteiger partial charge on any atom is -0.467 e. The molecule has 0 heterocycles. The Balaban J connectivity index is 3.22. The van der Waals surface area contributed by atoms with E-state index in [1.807, 2.05) is 0 Å². The summed E-state index contributed by atoms with van der Waals surface area (Å²) in [7, 11) is -2.71. The lowest BCUT2D eigenvalue weighted by Crippen LogP contribution is -2.50. The molecule has 0 aromatic heterocycles. The fourth-order valence-corrected chi connectivity index (χ4v) is 3.92. The molecule has 0 saturated carbocycles. The van der Waals surface area contributed by atoms with Crippen molar-refractivity contribution in [3.05, 3.63) is 28.8 Å². The van der Waals surface area contributed by atoms with E-state index in [-0.39, 0.29) is 15.5 Å². The molecule has 7 nitrogen and oxygen atoms in total. The van der Waals surface area contributed by atoms with Crippen molar-refractivity contribution in [2.75, 3.05) is 7.11 Å². The molecule has 9 heteroatoms. The van der Waals surface area contributed by atoms with Crippen molar-refractivity contribution in [2.45, 2.75) is 50.6 Å². The molecular formula is C16H23ClN2O5S. The van der Waals surface area contributed by atoms with Crippen molar-refractivity contribution < 1.29 is 22.7 Å². The number of rotatable bonds is 5. The molecule has 1 aromatic rings. The standard InChI is InChI=1S/C16H23ClN2O5S/c1-15(2,3)19-25(22,23)12-9-10(7-8-11(12)17)13(20)18-16(4,5)14(21)24-6/h7-9,19H,1-6H3,(H,18,20). The van der Waals surface area contributed by atoms with Crippen LogP contribution >= 0.6 is 11.6 Å². The smallest absolute Gasteiger partial charge is 0.330 e. The molecule has 25 heavy (non-hydrogen) atoms. The van der Waals surface area contributed by atoms with Gasteiger partial charge in [-0.2, -0.15) is 0 Å². The Morgan fingerprint density at radius 2 is 1.68 bits per heavy atom. The summed E-state index contributed by atoms with van der Waals surface area (Å²) in [4.78, 5) is 23.8. The Labute approximate surface area is 153 Å². The van der Waals surface area contributed by atoms with E-state index < -0.39 is 33.0 Å². The molecule has 0 aliphatic rings. The second-order valence-corrected chi connectivity index (χ2v) is 9.13. The quantitative estimate of drug-likeness (QED) is 0.749. The zero-order valence-corrected chi connectivity index (χ0v) is 16.6. The minimum atomic E-state index is -3.92. The van der Waals surface area contributed by atoms with Crippen LogP contribution in [-0.2, 0) is 19.6 Å². The van der Waals surface area contributed by atoms with Crippen LogP contribution in [0.15, 0.2) is 23.1 Å². The summed E-state index contributed by atoms with van der Waals surface area (Å²) < 4.78 is 32.1. The highest BCUT2D eigenvalue weighted by Crippen LogP contribution is 2.24. The van der Waals surface area contributed by atoms with Crippen LogP contribution in [0.5, 0.6) is 0 Å². The predicted octanol–water partition coefficient (Wildman–Crippen LogP) is 2.10. The Hall–Kier alpha value is -1.64. The number of methoxy groups -OCH3 is 1. The predicted molar refractivity (Wildman–Crippen MR) is 95.1 cm³/mol. The van der Waals surface area contributed by atoms with Crippen molar-refractivity contribution >= 4 is 33.5 Å². The monoisotopic (exact) mass is 390 g/mol. The van der Waals surface area contributed by atoms with Gasteiger partial charge in [-0.3, -0.25) is 4.79 Å². The zero-order chi connectivity index (χ0) is 19.6. The van der Waals surface area contributed by atoms with E-state index in [4.69, 9.17) is 11.6 Å². The third-order valence-corrected chi connectivity index (χ3v) is 5.28. The Morgan fingerprint density at radius 1 is 1.12 bits per heavy atom. The number of hydrogen-bond acceptors (Lipinski definition) is 5. The van der Waals surface area contributed by atoms with Crippen LogP contribution in [0.1, 0.15) is 45.0 Å². The van der Waals surface area contributed by atoms with Crippen LogP contribution in [0.2, 0.25) is 5.02 Å². The number of halogens is 1. The lowest BCUT2D eigenvalue weighted by atomic mass is 10.1. The van der Waals surface area contributed by atoms with Crippen molar-refractivity contribution in [2.24, 2.45) is 0 Å². The molecule has 0 aliphatic carbocycles. The van der Waals surface area contributed by atoms with E-state index in [2.05, 4.69) is 14.8 Å². The Kier molecular flexibility index (Phi) is 6.26. The summed E-state index contributed by atoms with van der Waals surface area (Å²) >= 11 is 6.00. The van der Waals surface area contributed by atoms with E-state index >= 15 is 0 Å². The number of benzene rings is 1. The van der Waals surface area contributed by atoms with Gasteiger partial charge in [0.15, 0.2) is 0 Å². The summed E-state index contributed by atoms with van der Waals surface area (Å²) in [6.07, 6.45) is 0. The highest BCUT2D eigenvalue weighted by Gasteiger charge is 2.31. The fraction of sp³-hybridized carbons (Fsp3) is 0.500. The SMILES string of the molecule is COC(=O)C(C)(C)NC(=O)c1ccc(Cl)c(S(=O)(=O)NC(C)(C)C)c1. The minimum absolute atomic E-state index is 0.0134. The molecule has 0 atom stereocenters. The van der Waals surface area contributed by atoms with Gasteiger partial charge in [0.05, 0.1) is 12.1 Å². The Morgan fingerprint density at radius 3 is 2.16 bits per heavy atom. The van der Waals surface area contributed by atoms with Gasteiger partial charge in [0.1, 0.15) is 10.4 Å². The number of sulfonamides is 1. The molecule has 1 rings (SSSR count). The summed E-state index contributed by atoms with van der Waals surface area (Å²) in [5, 5.41) is 2.48. The molecule has 0 bridgehead atoms. The maximum atomic E-state index is 12.5. The largest absolute Gasteiger partial charge is 0.467 e. The van der Waals surface area contributed by atoms with Crippen LogP contribution in [0.3, 0.4) is 0 Å². The van der Waals surface area contributed by atoms with Crippen molar-refractivity contribution in [3.63, 3.8) is 0 Å². The topological polar surface area (TPSA) is 102 Å². The lowest BCUT2D eigenvalue weighted by molar-refractivity contribution is -0.146. The van der Waals surface area contributed by atoms with Gasteiger partial charge < -0.3 is 10.1 Å². The number of carbonyl (C=O) groups is 2. The summed E-state index contributed by atoms with van der Waals surface area (Å²) in [5.74, 6) is -1.25. The maximum Gasteiger partial charge on any atom is 0.330 e. The molecular weight excluding hydrogens is 368 g/mol. The normalized spacial score (nSPS) is 12.6. The number of carbonyl (C=O) groups excluding carboxylic acids is 2. The number of esters is 1. The van der Waals surface area contributed by atoms with Gasteiger partial charge in [0.25, 0.3) is 5.91 Å². The van der Waals surface area contributed by atoms with Gasteiger partial charge in [0, 0.05) is 11.1 Å². The van der Waals surface area contributed by atoms with Crippen LogP contribution in [-0.4, -0.2) is 38.5 Å². The third kappa shape index (κ3) is 5.69. The number of ether oxygens (including phenoxy) is 1. The molecule has 0 fully saturated rings. The highest BCUT2D eigenvalue weighted by molar-refractivity contribution is 7.89. The van der Waals surface area contributed by atoms with Gasteiger partial charge in [0.2, 0.25) is 10.0 Å². The molecule has 1 amide bonds. The molecule has 140 valence electrons.